The van der Waals surface area contributed by atoms with Gasteiger partial charge in [0, 0.05) is 19.1 Å². The second-order valence-corrected chi connectivity index (χ2v) is 2.90. The maximum Gasteiger partial charge on any atom is 0.251 e. The Bertz CT molecular complexity index is 153. The Balaban J connectivity index is 2.27. The van der Waals surface area contributed by atoms with Gasteiger partial charge in [-0.2, -0.15) is 0 Å². The van der Waals surface area contributed by atoms with E-state index in [0.29, 0.717) is 6.04 Å². The van der Waals surface area contributed by atoms with Crippen molar-refractivity contribution in [1.29, 1.82) is 0 Å². The smallest absolute Gasteiger partial charge is 0.251 e. The number of hydrogen-bond acceptors (Lipinski definition) is 3. The number of aliphatic hydroxyl groups is 1. The van der Waals surface area contributed by atoms with Gasteiger partial charge in [-0.25, -0.2) is 0 Å². The summed E-state index contributed by atoms with van der Waals surface area (Å²) in [6.45, 7) is 2.94. The molecule has 0 aliphatic carbocycles. The average Bonchev–Trinajstić information content (AvgIpc) is 1.85. The maximum atomic E-state index is 11.0. The first kappa shape index (κ1) is 8.49. The summed E-state index contributed by atoms with van der Waals surface area (Å²) < 4.78 is 0. The number of likely N-dealkylation sites (N-methyl/N-ethyl adjacent to an activating group) is 1. The lowest BCUT2D eigenvalue weighted by Gasteiger charge is -2.39. The molecule has 1 atom stereocenters. The van der Waals surface area contributed by atoms with Crippen LogP contribution in [0.15, 0.2) is 0 Å². The minimum Gasteiger partial charge on any atom is -0.384 e. The minimum atomic E-state index is -0.854. The standard InChI is InChI=1S/C7H14N2O2/c1-5(10)7(11)9-3-6(4-9)8-2/h5-6,8,10H,3-4H2,1-2H3. The van der Waals surface area contributed by atoms with Gasteiger partial charge in [-0.15, -0.1) is 0 Å². The molecule has 0 saturated carbocycles. The van der Waals surface area contributed by atoms with E-state index in [2.05, 4.69) is 5.32 Å². The van der Waals surface area contributed by atoms with Crippen LogP contribution in [0.25, 0.3) is 0 Å². The van der Waals surface area contributed by atoms with Crippen LogP contribution in [0.2, 0.25) is 0 Å². The molecule has 0 radical (unpaired) electrons. The summed E-state index contributed by atoms with van der Waals surface area (Å²) in [7, 11) is 1.87. The Labute approximate surface area is 66.2 Å². The third-order valence-electron chi connectivity index (χ3n) is 1.96. The zero-order valence-corrected chi connectivity index (χ0v) is 6.87. The Hall–Kier alpha value is -0.610. The molecule has 1 amide bonds. The molecule has 1 aliphatic heterocycles. The molecule has 1 rings (SSSR count). The second kappa shape index (κ2) is 3.19. The predicted octanol–water partition coefficient (Wildman–Crippen LogP) is -1.20. The van der Waals surface area contributed by atoms with E-state index in [1.165, 1.54) is 6.92 Å². The largest absolute Gasteiger partial charge is 0.384 e. The highest BCUT2D eigenvalue weighted by atomic mass is 16.3. The van der Waals surface area contributed by atoms with E-state index in [4.69, 9.17) is 5.11 Å². The third kappa shape index (κ3) is 1.70. The van der Waals surface area contributed by atoms with Crippen LogP contribution in [0.4, 0.5) is 0 Å². The van der Waals surface area contributed by atoms with Crippen LogP contribution in [0.1, 0.15) is 6.92 Å². The van der Waals surface area contributed by atoms with Gasteiger partial charge in [-0.3, -0.25) is 4.79 Å². The fraction of sp³-hybridized carbons (Fsp3) is 0.857. The van der Waals surface area contributed by atoms with Crippen molar-refractivity contribution in [1.82, 2.24) is 10.2 Å². The summed E-state index contributed by atoms with van der Waals surface area (Å²) in [6, 6.07) is 0.415. The first-order valence-electron chi connectivity index (χ1n) is 3.79. The molecule has 1 saturated heterocycles. The van der Waals surface area contributed by atoms with E-state index in [1.807, 2.05) is 7.05 Å². The van der Waals surface area contributed by atoms with Crippen molar-refractivity contribution in [3.8, 4) is 0 Å². The van der Waals surface area contributed by atoms with Crippen LogP contribution in [-0.4, -0.2) is 48.2 Å². The maximum absolute atomic E-state index is 11.0. The van der Waals surface area contributed by atoms with Crippen molar-refractivity contribution >= 4 is 5.91 Å². The van der Waals surface area contributed by atoms with Crippen molar-refractivity contribution in [3.05, 3.63) is 0 Å². The van der Waals surface area contributed by atoms with E-state index < -0.39 is 6.10 Å². The summed E-state index contributed by atoms with van der Waals surface area (Å²) in [5, 5.41) is 12.0. The molecule has 2 N–H and O–H groups in total. The van der Waals surface area contributed by atoms with Gasteiger partial charge >= 0.3 is 0 Å². The van der Waals surface area contributed by atoms with Crippen molar-refractivity contribution in [2.75, 3.05) is 20.1 Å². The molecular weight excluding hydrogens is 144 g/mol. The predicted molar refractivity (Wildman–Crippen MR) is 41.1 cm³/mol. The van der Waals surface area contributed by atoms with E-state index in [9.17, 15) is 4.79 Å². The molecule has 64 valence electrons. The molecule has 0 aromatic rings. The second-order valence-electron chi connectivity index (χ2n) is 2.90. The summed E-state index contributed by atoms with van der Waals surface area (Å²) in [5.74, 6) is -0.170. The number of aliphatic hydroxyl groups excluding tert-OH is 1. The summed E-state index contributed by atoms with van der Waals surface area (Å²) >= 11 is 0. The van der Waals surface area contributed by atoms with Crippen molar-refractivity contribution in [2.24, 2.45) is 0 Å². The lowest BCUT2D eigenvalue weighted by molar-refractivity contribution is -0.144. The number of carbonyl (C=O) groups excluding carboxylic acids is 1. The molecule has 11 heavy (non-hydrogen) atoms. The Morgan fingerprint density at radius 3 is 2.64 bits per heavy atom. The van der Waals surface area contributed by atoms with Gasteiger partial charge in [0.05, 0.1) is 0 Å². The van der Waals surface area contributed by atoms with Crippen LogP contribution >= 0.6 is 0 Å². The normalized spacial score (nSPS) is 21.2. The zero-order chi connectivity index (χ0) is 8.43. The number of hydrogen-bond donors (Lipinski definition) is 2. The van der Waals surface area contributed by atoms with Gasteiger partial charge < -0.3 is 15.3 Å². The van der Waals surface area contributed by atoms with Crippen LogP contribution in [0, 0.1) is 0 Å². The summed E-state index contributed by atoms with van der Waals surface area (Å²) in [4.78, 5) is 12.7. The summed E-state index contributed by atoms with van der Waals surface area (Å²) in [6.07, 6.45) is -0.854. The minimum absolute atomic E-state index is 0.170. The van der Waals surface area contributed by atoms with Gasteiger partial charge in [-0.1, -0.05) is 0 Å². The van der Waals surface area contributed by atoms with Crippen molar-refractivity contribution in [2.45, 2.75) is 19.1 Å². The van der Waals surface area contributed by atoms with Gasteiger partial charge in [0.25, 0.3) is 5.91 Å². The Morgan fingerprint density at radius 1 is 1.73 bits per heavy atom. The molecule has 4 heteroatoms. The van der Waals surface area contributed by atoms with Crippen LogP contribution in [0.3, 0.4) is 0 Å². The van der Waals surface area contributed by atoms with Crippen molar-refractivity contribution in [3.63, 3.8) is 0 Å². The highest BCUT2D eigenvalue weighted by Gasteiger charge is 2.30. The molecule has 0 spiro atoms. The van der Waals surface area contributed by atoms with E-state index in [0.717, 1.165) is 13.1 Å². The fourth-order valence-electron chi connectivity index (χ4n) is 1.11. The third-order valence-corrected chi connectivity index (χ3v) is 1.96. The van der Waals surface area contributed by atoms with Gasteiger partial charge in [0.2, 0.25) is 0 Å². The molecular formula is C7H14N2O2. The van der Waals surface area contributed by atoms with E-state index in [1.54, 1.807) is 4.90 Å². The van der Waals surface area contributed by atoms with E-state index >= 15 is 0 Å². The first-order chi connectivity index (χ1) is 5.15. The van der Waals surface area contributed by atoms with Gasteiger partial charge in [0.1, 0.15) is 6.10 Å². The molecule has 0 aromatic heterocycles. The SMILES string of the molecule is CNC1CN(C(=O)C(C)O)C1. The van der Waals surface area contributed by atoms with Crippen LogP contribution in [-0.2, 0) is 4.79 Å². The number of amides is 1. The van der Waals surface area contributed by atoms with Gasteiger partial charge in [0.15, 0.2) is 0 Å². The molecule has 4 nitrogen and oxygen atoms in total. The molecule has 1 fully saturated rings. The average molecular weight is 158 g/mol. The number of rotatable bonds is 2. The highest BCUT2D eigenvalue weighted by Crippen LogP contribution is 2.08. The Morgan fingerprint density at radius 2 is 2.27 bits per heavy atom. The quantitative estimate of drug-likeness (QED) is 0.530. The molecule has 1 aliphatic rings. The molecule has 0 aromatic carbocycles. The Kier molecular flexibility index (Phi) is 2.46. The van der Waals surface area contributed by atoms with E-state index in [-0.39, 0.29) is 5.91 Å². The number of nitrogens with zero attached hydrogens (tertiary/aromatic N) is 1. The molecule has 1 unspecified atom stereocenters. The molecule has 1 heterocycles. The zero-order valence-electron chi connectivity index (χ0n) is 6.87. The van der Waals surface area contributed by atoms with Crippen LogP contribution in [0.5, 0.6) is 0 Å². The topological polar surface area (TPSA) is 52.6 Å². The lowest BCUT2D eigenvalue weighted by atomic mass is 10.1. The van der Waals surface area contributed by atoms with Crippen LogP contribution < -0.4 is 5.32 Å². The lowest BCUT2D eigenvalue weighted by Crippen LogP contribution is -2.60. The number of carbonyl (C=O) groups is 1. The highest BCUT2D eigenvalue weighted by molar-refractivity contribution is 5.81. The van der Waals surface area contributed by atoms with Gasteiger partial charge in [-0.05, 0) is 14.0 Å². The number of likely N-dealkylation sites (tertiary alicyclic amines) is 1. The monoisotopic (exact) mass is 158 g/mol. The fourth-order valence-corrected chi connectivity index (χ4v) is 1.11. The van der Waals surface area contributed by atoms with Crippen molar-refractivity contribution < 1.29 is 9.90 Å². The number of nitrogens with one attached hydrogen (secondary N) is 1. The summed E-state index contributed by atoms with van der Waals surface area (Å²) in [5.41, 5.74) is 0. The molecule has 0 bridgehead atoms. The first-order valence-corrected chi connectivity index (χ1v) is 3.79.